The van der Waals surface area contributed by atoms with E-state index in [0.29, 0.717) is 84.0 Å². The number of anilines is 6. The van der Waals surface area contributed by atoms with Gasteiger partial charge in [-0.15, -0.1) is 0 Å². The summed E-state index contributed by atoms with van der Waals surface area (Å²) in [6, 6.07) is 14.0. The number of hydrogen-bond donors (Lipinski definition) is 6. The number of pyridine rings is 1. The Morgan fingerprint density at radius 1 is 0.750 bits per heavy atom. The van der Waals surface area contributed by atoms with Gasteiger partial charge < -0.3 is 31.9 Å². The second-order valence-corrected chi connectivity index (χ2v) is 11.9. The number of amides is 2. The van der Waals surface area contributed by atoms with Crippen LogP contribution in [0.25, 0.3) is 11.3 Å². The summed E-state index contributed by atoms with van der Waals surface area (Å²) in [7, 11) is 1.79. The van der Waals surface area contributed by atoms with Gasteiger partial charge in [0.25, 0.3) is 11.8 Å². The average Bonchev–Trinajstić information content (AvgIpc) is 3.68. The smallest absolute Gasteiger partial charge is 0.256 e. The van der Waals surface area contributed by atoms with Gasteiger partial charge in [0.15, 0.2) is 11.3 Å². The molecule has 2 aliphatic rings. The van der Waals surface area contributed by atoms with Gasteiger partial charge in [-0.25, -0.2) is 15.0 Å². The molecule has 0 saturated heterocycles. The molecule has 6 N–H and O–H groups in total. The van der Waals surface area contributed by atoms with Crippen LogP contribution in [0.15, 0.2) is 54.9 Å². The maximum atomic E-state index is 13.1. The van der Waals surface area contributed by atoms with Crippen molar-refractivity contribution in [3.8, 4) is 0 Å². The zero-order valence-electron chi connectivity index (χ0n) is 26.4. The predicted octanol–water partition coefficient (Wildman–Crippen LogP) is 3.23. The Kier molecular flexibility index (Phi) is 7.19. The van der Waals surface area contributed by atoms with Crippen LogP contribution in [0, 0.1) is 6.92 Å². The van der Waals surface area contributed by atoms with E-state index in [1.54, 1.807) is 22.3 Å². The third-order valence-electron chi connectivity index (χ3n) is 8.38. The third kappa shape index (κ3) is 5.55. The van der Waals surface area contributed by atoms with Crippen LogP contribution in [0.5, 0.6) is 0 Å². The molecule has 2 aliphatic heterocycles. The monoisotopic (exact) mass is 643 g/mol. The maximum Gasteiger partial charge on any atom is 0.256 e. The van der Waals surface area contributed by atoms with E-state index in [-0.39, 0.29) is 11.8 Å². The normalized spacial score (nSPS) is 14.2. The van der Waals surface area contributed by atoms with Crippen LogP contribution in [-0.4, -0.2) is 72.7 Å². The lowest BCUT2D eigenvalue weighted by Crippen LogP contribution is -2.26. The van der Waals surface area contributed by atoms with Crippen molar-refractivity contribution in [2.75, 3.05) is 47.9 Å². The van der Waals surface area contributed by atoms with Crippen LogP contribution in [0.4, 0.5) is 34.8 Å². The summed E-state index contributed by atoms with van der Waals surface area (Å²) in [5.74, 6) is 2.70. The molecule has 6 aromatic rings. The summed E-state index contributed by atoms with van der Waals surface area (Å²) in [6.45, 7) is 3.53. The number of carbonyl (C=O) groups excluding carboxylic acids is 2. The first kappa shape index (κ1) is 29.2. The van der Waals surface area contributed by atoms with Gasteiger partial charge in [0.05, 0.1) is 12.4 Å². The Bertz CT molecular complexity index is 2240. The van der Waals surface area contributed by atoms with Crippen molar-refractivity contribution in [2.24, 2.45) is 0 Å². The van der Waals surface area contributed by atoms with Crippen LogP contribution >= 0.6 is 0 Å². The van der Waals surface area contributed by atoms with Crippen molar-refractivity contribution in [3.05, 3.63) is 88.4 Å². The fraction of sp³-hybridized carbons (Fsp3) is 0.242. The first-order valence-corrected chi connectivity index (χ1v) is 15.8. The minimum atomic E-state index is -0.241. The van der Waals surface area contributed by atoms with E-state index in [2.05, 4.69) is 72.2 Å². The lowest BCUT2D eigenvalue weighted by atomic mass is 10.1. The van der Waals surface area contributed by atoms with Gasteiger partial charge in [-0.2, -0.15) is 19.2 Å². The second kappa shape index (κ2) is 11.8. The topological polar surface area (TPSA) is 180 Å². The highest BCUT2D eigenvalue weighted by Gasteiger charge is 2.20. The van der Waals surface area contributed by atoms with Crippen molar-refractivity contribution in [2.45, 2.75) is 26.2 Å². The molecule has 0 unspecified atom stereocenters. The van der Waals surface area contributed by atoms with Gasteiger partial charge in [-0.3, -0.25) is 9.59 Å². The largest absolute Gasteiger partial charge is 0.373 e. The van der Waals surface area contributed by atoms with Gasteiger partial charge >= 0.3 is 0 Å². The van der Waals surface area contributed by atoms with E-state index >= 15 is 0 Å². The Hall–Kier alpha value is -6.25. The number of nitrogens with zero attached hydrogens (tertiary/aromatic N) is 7. The highest BCUT2D eigenvalue weighted by atomic mass is 16.2. The van der Waals surface area contributed by atoms with Crippen molar-refractivity contribution in [1.82, 2.24) is 44.8 Å². The number of nitrogens with one attached hydrogen (secondary N) is 6. The summed E-state index contributed by atoms with van der Waals surface area (Å²) in [6.07, 6.45) is 5.01. The molecule has 1 aromatic carbocycles. The van der Waals surface area contributed by atoms with Crippen LogP contribution in [0.3, 0.4) is 0 Å². The van der Waals surface area contributed by atoms with Crippen molar-refractivity contribution in [3.63, 3.8) is 0 Å². The number of aryl methyl sites for hydroxylation is 1. The number of fused-ring (bicyclic) bond motifs is 6. The molecular formula is C33H33N13O2. The number of carbonyl (C=O) groups is 2. The maximum absolute atomic E-state index is 13.1. The Balaban J connectivity index is 1.08. The fourth-order valence-electron chi connectivity index (χ4n) is 6.17. The quantitative estimate of drug-likeness (QED) is 0.162. The summed E-state index contributed by atoms with van der Waals surface area (Å²) in [5, 5.41) is 28.2. The standard InChI is InChI=1S/C33H33N13O2/c1-18-9-19-4-7-36-32(47)24-17-39-46-29(15-26(43-31(24)46)41-22(10-18)12-19)35-6-3-20-11-21-5-8-37-33(48)23-16-38-45-28(34-2)14-27(44-30(23)45)42-25(13-20)40-21/h9-17,34-35H,3-8H2,1-2H3,(H,36,47)(H,37,48)(H,41,43)(H,40,42,44). The van der Waals surface area contributed by atoms with E-state index in [4.69, 9.17) is 9.97 Å². The van der Waals surface area contributed by atoms with E-state index in [0.717, 1.165) is 34.5 Å². The molecule has 0 radical (unpaired) electrons. The van der Waals surface area contributed by atoms with Gasteiger partial charge in [0, 0.05) is 56.6 Å². The summed E-state index contributed by atoms with van der Waals surface area (Å²) >= 11 is 0. The molecule has 0 aliphatic carbocycles. The predicted molar refractivity (Wildman–Crippen MR) is 182 cm³/mol. The highest BCUT2D eigenvalue weighted by Crippen LogP contribution is 2.26. The molecule has 5 aromatic heterocycles. The summed E-state index contributed by atoms with van der Waals surface area (Å²) in [5.41, 5.74) is 6.77. The number of aromatic nitrogens is 7. The molecule has 0 saturated carbocycles. The number of hydrogen-bond acceptors (Lipinski definition) is 11. The van der Waals surface area contributed by atoms with Crippen molar-refractivity contribution < 1.29 is 9.59 Å². The molecule has 7 heterocycles. The Labute approximate surface area is 274 Å². The molecule has 242 valence electrons. The first-order chi connectivity index (χ1) is 23.4. The van der Waals surface area contributed by atoms with E-state index in [1.165, 1.54) is 6.20 Å². The molecule has 0 spiro atoms. The minimum absolute atomic E-state index is 0.214. The first-order valence-electron chi connectivity index (χ1n) is 15.8. The molecule has 8 rings (SSSR count). The second-order valence-electron chi connectivity index (χ2n) is 11.9. The zero-order chi connectivity index (χ0) is 32.8. The average molecular weight is 644 g/mol. The zero-order valence-corrected chi connectivity index (χ0v) is 26.4. The van der Waals surface area contributed by atoms with E-state index < -0.39 is 0 Å². The molecular weight excluding hydrogens is 610 g/mol. The lowest BCUT2D eigenvalue weighted by Gasteiger charge is -2.15. The number of rotatable bonds is 5. The van der Waals surface area contributed by atoms with E-state index in [1.807, 2.05) is 24.3 Å². The van der Waals surface area contributed by atoms with Crippen LogP contribution in [-0.2, 0) is 19.3 Å². The van der Waals surface area contributed by atoms with Crippen molar-refractivity contribution in [1.29, 1.82) is 0 Å². The summed E-state index contributed by atoms with van der Waals surface area (Å²) in [4.78, 5) is 40.3. The molecule has 15 nitrogen and oxygen atoms in total. The van der Waals surface area contributed by atoms with Crippen LogP contribution in [0.2, 0.25) is 0 Å². The molecule has 15 heteroatoms. The van der Waals surface area contributed by atoms with Gasteiger partial charge in [-0.05, 0) is 60.7 Å². The third-order valence-corrected chi connectivity index (χ3v) is 8.38. The van der Waals surface area contributed by atoms with Gasteiger partial charge in [0.1, 0.15) is 40.2 Å². The molecule has 2 amide bonds. The Morgan fingerprint density at radius 3 is 2.17 bits per heavy atom. The van der Waals surface area contributed by atoms with Gasteiger partial charge in [-0.1, -0.05) is 6.07 Å². The SMILES string of the molecule is CNc1cc2nc3c(cnn13)C(=O)NCCc1cc(CCNc3cc4nc5c(cnn35)C(=O)NCCc3cc(C)cc(c3)N4)cc(n1)N2. The van der Waals surface area contributed by atoms with Crippen LogP contribution < -0.4 is 31.9 Å². The molecule has 0 fully saturated rings. The summed E-state index contributed by atoms with van der Waals surface area (Å²) < 4.78 is 3.26. The lowest BCUT2D eigenvalue weighted by molar-refractivity contribution is 0.0947. The number of benzene rings is 1. The minimum Gasteiger partial charge on any atom is -0.373 e. The van der Waals surface area contributed by atoms with E-state index in [9.17, 15) is 9.59 Å². The molecule has 48 heavy (non-hydrogen) atoms. The van der Waals surface area contributed by atoms with Crippen molar-refractivity contribution >= 4 is 57.9 Å². The fourth-order valence-corrected chi connectivity index (χ4v) is 6.17. The molecule has 0 atom stereocenters. The van der Waals surface area contributed by atoms with Crippen LogP contribution in [0.1, 0.15) is 43.1 Å². The Morgan fingerprint density at radius 2 is 1.42 bits per heavy atom. The molecule has 8 bridgehead atoms. The highest BCUT2D eigenvalue weighted by molar-refractivity contribution is 6.00. The van der Waals surface area contributed by atoms with Gasteiger partial charge in [0.2, 0.25) is 0 Å².